The highest BCUT2D eigenvalue weighted by molar-refractivity contribution is 5.87. The van der Waals surface area contributed by atoms with Gasteiger partial charge in [-0.25, -0.2) is 4.57 Å². The predicted molar refractivity (Wildman–Crippen MR) is 121 cm³/mol. The monoisotopic (exact) mass is 382 g/mol. The summed E-state index contributed by atoms with van der Waals surface area (Å²) in [7, 11) is 2.20. The minimum Gasteiger partial charge on any atom is -0.201 e. The van der Waals surface area contributed by atoms with Gasteiger partial charge in [-0.05, 0) is 84.9 Å². The number of fused-ring (bicyclic) bond motifs is 3. The van der Waals surface area contributed by atoms with Gasteiger partial charge in [0.15, 0.2) is 6.20 Å². The SMILES string of the molecule is Cc1cc(-c2c(C)cc(C3CCCCC3)c3c2Cc2ccccc2-3)[n+](C)cc1C. The third-order valence-corrected chi connectivity index (χ3v) is 7.36. The predicted octanol–water partition coefficient (Wildman–Crippen LogP) is 6.72. The van der Waals surface area contributed by atoms with Gasteiger partial charge in [0, 0.05) is 11.6 Å². The molecule has 0 atom stereocenters. The fraction of sp³-hybridized carbons (Fsp3) is 0.393. The number of aryl methyl sites for hydroxylation is 4. The molecule has 1 nitrogen and oxygen atoms in total. The lowest BCUT2D eigenvalue weighted by atomic mass is 9.78. The fourth-order valence-corrected chi connectivity index (χ4v) is 5.74. The van der Waals surface area contributed by atoms with E-state index in [2.05, 4.69) is 75.0 Å². The van der Waals surface area contributed by atoms with Crippen LogP contribution in [0.4, 0.5) is 0 Å². The molecule has 0 amide bonds. The van der Waals surface area contributed by atoms with Crippen molar-refractivity contribution in [3.05, 3.63) is 76.0 Å². The van der Waals surface area contributed by atoms with Gasteiger partial charge in [0.25, 0.3) is 0 Å². The summed E-state index contributed by atoms with van der Waals surface area (Å²) < 4.78 is 2.33. The third kappa shape index (κ3) is 3.03. The lowest BCUT2D eigenvalue weighted by Crippen LogP contribution is -2.32. The van der Waals surface area contributed by atoms with Crippen LogP contribution >= 0.6 is 0 Å². The molecule has 0 N–H and O–H groups in total. The first-order chi connectivity index (χ1) is 14.0. The van der Waals surface area contributed by atoms with Crippen molar-refractivity contribution in [1.29, 1.82) is 0 Å². The summed E-state index contributed by atoms with van der Waals surface area (Å²) >= 11 is 0. The third-order valence-electron chi connectivity index (χ3n) is 7.36. The molecule has 0 radical (unpaired) electrons. The first kappa shape index (κ1) is 18.6. The normalized spacial score (nSPS) is 16.0. The second kappa shape index (κ2) is 7.13. The van der Waals surface area contributed by atoms with Crippen LogP contribution in [-0.2, 0) is 13.5 Å². The number of aromatic nitrogens is 1. The average Bonchev–Trinajstić information content (AvgIpc) is 3.10. The van der Waals surface area contributed by atoms with Gasteiger partial charge in [0.05, 0.1) is 5.56 Å². The maximum Gasteiger partial charge on any atom is 0.213 e. The summed E-state index contributed by atoms with van der Waals surface area (Å²) in [4.78, 5) is 0. The van der Waals surface area contributed by atoms with Crippen LogP contribution < -0.4 is 4.57 Å². The van der Waals surface area contributed by atoms with Crippen LogP contribution in [-0.4, -0.2) is 0 Å². The topological polar surface area (TPSA) is 3.88 Å². The standard InChI is InChI=1S/C28H32N/c1-18-15-26(29(4)17-20(18)3)27-19(2)14-24(21-10-6-5-7-11-21)28-23-13-9-8-12-22(23)16-25(27)28/h8-9,12-15,17,21H,5-7,10-11,16H2,1-4H3/q+1. The van der Waals surface area contributed by atoms with Crippen molar-refractivity contribution < 1.29 is 4.57 Å². The Morgan fingerprint density at radius 3 is 2.38 bits per heavy atom. The summed E-state index contributed by atoms with van der Waals surface area (Å²) in [6, 6.07) is 14.0. The van der Waals surface area contributed by atoms with E-state index in [-0.39, 0.29) is 0 Å². The van der Waals surface area contributed by atoms with Crippen LogP contribution in [0.1, 0.15) is 71.4 Å². The summed E-state index contributed by atoms with van der Waals surface area (Å²) in [6.45, 7) is 6.78. The van der Waals surface area contributed by atoms with Gasteiger partial charge in [0.2, 0.25) is 5.69 Å². The Balaban J connectivity index is 1.78. The number of rotatable bonds is 2. The van der Waals surface area contributed by atoms with E-state index in [1.807, 2.05) is 0 Å². The number of pyridine rings is 1. The van der Waals surface area contributed by atoms with Crippen molar-refractivity contribution in [1.82, 2.24) is 0 Å². The van der Waals surface area contributed by atoms with Crippen LogP contribution in [0.15, 0.2) is 42.6 Å². The molecular formula is C28H32N+. The zero-order valence-electron chi connectivity index (χ0n) is 18.3. The van der Waals surface area contributed by atoms with E-state index in [9.17, 15) is 0 Å². The van der Waals surface area contributed by atoms with E-state index in [1.54, 1.807) is 16.7 Å². The van der Waals surface area contributed by atoms with Crippen molar-refractivity contribution >= 4 is 0 Å². The molecule has 2 aromatic carbocycles. The van der Waals surface area contributed by atoms with Crippen LogP contribution in [0.5, 0.6) is 0 Å². The van der Waals surface area contributed by atoms with Crippen LogP contribution in [0.3, 0.4) is 0 Å². The van der Waals surface area contributed by atoms with Crippen LogP contribution in [0.25, 0.3) is 22.4 Å². The Labute approximate surface area is 175 Å². The molecule has 0 saturated heterocycles. The van der Waals surface area contributed by atoms with Gasteiger partial charge in [0.1, 0.15) is 7.05 Å². The molecule has 29 heavy (non-hydrogen) atoms. The zero-order chi connectivity index (χ0) is 20.1. The molecule has 1 aromatic heterocycles. The maximum atomic E-state index is 2.54. The van der Waals surface area contributed by atoms with E-state index < -0.39 is 0 Å². The van der Waals surface area contributed by atoms with E-state index >= 15 is 0 Å². The Morgan fingerprint density at radius 2 is 1.59 bits per heavy atom. The highest BCUT2D eigenvalue weighted by Gasteiger charge is 2.31. The zero-order valence-corrected chi connectivity index (χ0v) is 18.3. The summed E-state index contributed by atoms with van der Waals surface area (Å²) in [5.74, 6) is 0.727. The van der Waals surface area contributed by atoms with Gasteiger partial charge in [-0.2, -0.15) is 0 Å². The largest absolute Gasteiger partial charge is 0.213 e. The molecule has 1 heterocycles. The lowest BCUT2D eigenvalue weighted by molar-refractivity contribution is -0.660. The first-order valence-corrected chi connectivity index (χ1v) is 11.3. The molecule has 148 valence electrons. The van der Waals surface area contributed by atoms with Crippen molar-refractivity contribution in [2.45, 2.75) is 65.2 Å². The molecule has 0 unspecified atom stereocenters. The highest BCUT2D eigenvalue weighted by atomic mass is 14.9. The smallest absolute Gasteiger partial charge is 0.201 e. The Kier molecular flexibility index (Phi) is 4.57. The Morgan fingerprint density at radius 1 is 0.828 bits per heavy atom. The molecule has 0 aliphatic heterocycles. The van der Waals surface area contributed by atoms with E-state index in [4.69, 9.17) is 0 Å². The molecule has 0 spiro atoms. The van der Waals surface area contributed by atoms with E-state index in [1.165, 1.54) is 71.2 Å². The molecule has 1 fully saturated rings. The lowest BCUT2D eigenvalue weighted by Gasteiger charge is -2.26. The van der Waals surface area contributed by atoms with Crippen LogP contribution in [0, 0.1) is 20.8 Å². The minimum atomic E-state index is 0.727. The van der Waals surface area contributed by atoms with Gasteiger partial charge in [-0.3, -0.25) is 0 Å². The Bertz CT molecular complexity index is 1100. The highest BCUT2D eigenvalue weighted by Crippen LogP contribution is 2.48. The van der Waals surface area contributed by atoms with Crippen molar-refractivity contribution in [3.63, 3.8) is 0 Å². The molecular weight excluding hydrogens is 350 g/mol. The number of benzene rings is 2. The summed E-state index contributed by atoms with van der Waals surface area (Å²) in [6.07, 6.45) is 10.2. The van der Waals surface area contributed by atoms with Gasteiger partial charge < -0.3 is 0 Å². The van der Waals surface area contributed by atoms with Crippen molar-refractivity contribution in [2.75, 3.05) is 0 Å². The molecule has 3 aromatic rings. The van der Waals surface area contributed by atoms with Gasteiger partial charge >= 0.3 is 0 Å². The molecule has 2 aliphatic rings. The number of nitrogens with zero attached hydrogens (tertiary/aromatic N) is 1. The fourth-order valence-electron chi connectivity index (χ4n) is 5.74. The van der Waals surface area contributed by atoms with Crippen molar-refractivity contribution in [3.8, 4) is 22.4 Å². The molecule has 2 aliphatic carbocycles. The summed E-state index contributed by atoms with van der Waals surface area (Å²) in [5.41, 5.74) is 14.7. The number of hydrogen-bond acceptors (Lipinski definition) is 0. The van der Waals surface area contributed by atoms with Crippen LogP contribution in [0.2, 0.25) is 0 Å². The second-order valence-corrected chi connectivity index (χ2v) is 9.32. The number of hydrogen-bond donors (Lipinski definition) is 0. The van der Waals surface area contributed by atoms with E-state index in [0.29, 0.717) is 0 Å². The van der Waals surface area contributed by atoms with Gasteiger partial charge in [-0.1, -0.05) is 49.6 Å². The molecule has 1 saturated carbocycles. The molecule has 5 rings (SSSR count). The quantitative estimate of drug-likeness (QED) is 0.339. The average molecular weight is 383 g/mol. The summed E-state index contributed by atoms with van der Waals surface area (Å²) in [5, 5.41) is 0. The first-order valence-electron chi connectivity index (χ1n) is 11.3. The molecule has 0 bridgehead atoms. The van der Waals surface area contributed by atoms with E-state index in [0.717, 1.165) is 12.3 Å². The van der Waals surface area contributed by atoms with Crippen molar-refractivity contribution in [2.24, 2.45) is 7.05 Å². The second-order valence-electron chi connectivity index (χ2n) is 9.32. The maximum absolute atomic E-state index is 2.54. The minimum absolute atomic E-state index is 0.727. The molecule has 1 heteroatoms. The van der Waals surface area contributed by atoms with Gasteiger partial charge in [-0.15, -0.1) is 0 Å². The Hall–Kier alpha value is -2.41.